The van der Waals surface area contributed by atoms with Gasteiger partial charge in [0.1, 0.15) is 0 Å². The Bertz CT molecular complexity index is 89.1. The number of nitrogens with two attached hydrogens (primary N) is 1. The van der Waals surface area contributed by atoms with Crippen molar-refractivity contribution in [2.45, 2.75) is 37.0 Å². The lowest BCUT2D eigenvalue weighted by molar-refractivity contribution is 0.454. The molecule has 1 fully saturated rings. The summed E-state index contributed by atoms with van der Waals surface area (Å²) in [5.41, 5.74) is 5.78. The van der Waals surface area contributed by atoms with Gasteiger partial charge in [-0.15, -0.1) is 0 Å². The predicted octanol–water partition coefficient (Wildman–Crippen LogP) is 2.14. The first-order chi connectivity index (χ1) is 4.34. The fourth-order valence-corrected chi connectivity index (χ4v) is 2.42. The number of rotatable bonds is 1. The zero-order valence-electron chi connectivity index (χ0n) is 5.35. The van der Waals surface area contributed by atoms with Gasteiger partial charge in [0, 0.05) is 11.3 Å². The summed E-state index contributed by atoms with van der Waals surface area (Å²) in [6.07, 6.45) is 4.95. The van der Waals surface area contributed by atoms with Gasteiger partial charge < -0.3 is 5.73 Å². The number of halogens is 1. The highest BCUT2D eigenvalue weighted by Gasteiger charge is 2.20. The molecule has 0 aromatic carbocycles. The van der Waals surface area contributed by atoms with Crippen molar-refractivity contribution in [1.82, 2.24) is 0 Å². The van der Waals surface area contributed by atoms with Crippen molar-refractivity contribution < 1.29 is 0 Å². The summed E-state index contributed by atoms with van der Waals surface area (Å²) < 4.78 is 0. The second kappa shape index (κ2) is 3.69. The molecule has 1 aliphatic carbocycles. The van der Waals surface area contributed by atoms with Crippen molar-refractivity contribution in [3.05, 3.63) is 0 Å². The van der Waals surface area contributed by atoms with Crippen molar-refractivity contribution in [1.29, 1.82) is 0 Å². The van der Waals surface area contributed by atoms with E-state index in [1.807, 2.05) is 0 Å². The molecule has 54 valence electrons. The Balaban J connectivity index is 2.30. The fourth-order valence-electron chi connectivity index (χ4n) is 1.24. The Kier molecular flexibility index (Phi) is 3.16. The molecule has 0 aromatic rings. The summed E-state index contributed by atoms with van der Waals surface area (Å²) in [6.45, 7) is 0. The molecule has 0 saturated heterocycles. The van der Waals surface area contributed by atoms with Crippen molar-refractivity contribution >= 4 is 21.7 Å². The predicted molar refractivity (Wildman–Crippen MR) is 43.7 cm³/mol. The van der Waals surface area contributed by atoms with Crippen LogP contribution in [0.25, 0.3) is 0 Å². The second-order valence-electron chi connectivity index (χ2n) is 2.58. The zero-order valence-corrected chi connectivity index (χ0v) is 6.92. The summed E-state index contributed by atoms with van der Waals surface area (Å²) in [6, 6.07) is 0.348. The summed E-state index contributed by atoms with van der Waals surface area (Å²) in [4.78, 5) is 0. The number of hydrogen-bond donors (Lipinski definition) is 1. The maximum Gasteiger partial charge on any atom is 0.0350 e. The van der Waals surface area contributed by atoms with E-state index in [2.05, 4.69) is 0 Å². The van der Waals surface area contributed by atoms with E-state index in [0.29, 0.717) is 11.3 Å². The van der Waals surface area contributed by atoms with Crippen LogP contribution in [0.2, 0.25) is 0 Å². The van der Waals surface area contributed by atoms with Crippen LogP contribution in [0.5, 0.6) is 0 Å². The van der Waals surface area contributed by atoms with Gasteiger partial charge in [0.25, 0.3) is 0 Å². The van der Waals surface area contributed by atoms with E-state index in [9.17, 15) is 0 Å². The molecule has 3 heteroatoms. The van der Waals surface area contributed by atoms with Crippen LogP contribution in [0.3, 0.4) is 0 Å². The minimum atomic E-state index is 0.348. The van der Waals surface area contributed by atoms with Crippen molar-refractivity contribution in [3.63, 3.8) is 0 Å². The summed E-state index contributed by atoms with van der Waals surface area (Å²) in [7, 11) is 7.01. The van der Waals surface area contributed by atoms with Crippen LogP contribution in [-0.2, 0) is 0 Å². The molecule has 0 heterocycles. The van der Waals surface area contributed by atoms with Gasteiger partial charge in [0.2, 0.25) is 0 Å². The maximum absolute atomic E-state index is 5.78. The van der Waals surface area contributed by atoms with Crippen molar-refractivity contribution in [2.75, 3.05) is 0 Å². The van der Waals surface area contributed by atoms with Gasteiger partial charge in [0.15, 0.2) is 0 Å². The molecule has 0 aliphatic heterocycles. The Morgan fingerprint density at radius 3 is 2.44 bits per heavy atom. The third kappa shape index (κ3) is 2.03. The molecule has 1 saturated carbocycles. The Morgan fingerprint density at radius 1 is 1.33 bits per heavy atom. The molecule has 2 unspecified atom stereocenters. The second-order valence-corrected chi connectivity index (χ2v) is 3.89. The monoisotopic (exact) mass is 165 g/mol. The Hall–Kier alpha value is 0.600. The Labute approximate surface area is 64.8 Å². The third-order valence-electron chi connectivity index (χ3n) is 1.87. The van der Waals surface area contributed by atoms with Gasteiger partial charge in [-0.1, -0.05) is 23.8 Å². The molecule has 0 radical (unpaired) electrons. The molecule has 1 aliphatic rings. The van der Waals surface area contributed by atoms with Gasteiger partial charge in [-0.3, -0.25) is 0 Å². The fraction of sp³-hybridized carbons (Fsp3) is 1.00. The number of hydrogen-bond acceptors (Lipinski definition) is 2. The quantitative estimate of drug-likeness (QED) is 0.645. The van der Waals surface area contributed by atoms with Gasteiger partial charge >= 0.3 is 0 Å². The molecule has 1 nitrogen and oxygen atoms in total. The minimum absolute atomic E-state index is 0.348. The standard InChI is InChI=1S/C6H12ClNS/c7-9-6-4-2-1-3-5(6)8/h5-6H,1-4,8H2. The molecule has 2 atom stereocenters. The molecule has 0 aromatic heterocycles. The summed E-state index contributed by atoms with van der Waals surface area (Å²) >= 11 is 0. The van der Waals surface area contributed by atoms with Crippen LogP contribution >= 0.6 is 21.7 Å². The smallest absolute Gasteiger partial charge is 0.0350 e. The highest BCUT2D eigenvalue weighted by molar-refractivity contribution is 8.21. The van der Waals surface area contributed by atoms with Crippen LogP contribution in [0.1, 0.15) is 25.7 Å². The van der Waals surface area contributed by atoms with Crippen LogP contribution < -0.4 is 5.73 Å². The lowest BCUT2D eigenvalue weighted by Gasteiger charge is -2.25. The first-order valence-corrected chi connectivity index (χ1v) is 5.08. The SMILES string of the molecule is NC1CCCCC1SCl. The van der Waals surface area contributed by atoms with Crippen LogP contribution in [0.4, 0.5) is 0 Å². The highest BCUT2D eigenvalue weighted by atomic mass is 35.7. The summed E-state index contributed by atoms with van der Waals surface area (Å²) in [5.74, 6) is 0. The van der Waals surface area contributed by atoms with E-state index >= 15 is 0 Å². The molecule has 2 N–H and O–H groups in total. The van der Waals surface area contributed by atoms with E-state index < -0.39 is 0 Å². The first-order valence-electron chi connectivity index (χ1n) is 3.37. The maximum atomic E-state index is 5.78. The lowest BCUT2D eigenvalue weighted by Crippen LogP contribution is -2.34. The van der Waals surface area contributed by atoms with Gasteiger partial charge in [0.05, 0.1) is 0 Å². The largest absolute Gasteiger partial charge is 0.327 e. The average molecular weight is 166 g/mol. The molecular formula is C6H12ClNS. The van der Waals surface area contributed by atoms with E-state index in [-0.39, 0.29) is 0 Å². The third-order valence-corrected chi connectivity index (χ3v) is 3.37. The molecule has 9 heavy (non-hydrogen) atoms. The van der Waals surface area contributed by atoms with E-state index in [1.165, 1.54) is 30.2 Å². The van der Waals surface area contributed by atoms with Crippen molar-refractivity contribution in [3.8, 4) is 0 Å². The molecule has 1 rings (SSSR count). The first kappa shape index (κ1) is 7.70. The lowest BCUT2D eigenvalue weighted by atomic mass is 9.96. The van der Waals surface area contributed by atoms with Crippen LogP contribution in [-0.4, -0.2) is 11.3 Å². The summed E-state index contributed by atoms with van der Waals surface area (Å²) in [5, 5.41) is 0.514. The van der Waals surface area contributed by atoms with E-state index in [1.54, 1.807) is 0 Å². The normalized spacial score (nSPS) is 36.7. The van der Waals surface area contributed by atoms with Gasteiger partial charge in [-0.25, -0.2) is 0 Å². The van der Waals surface area contributed by atoms with Crippen LogP contribution in [0.15, 0.2) is 0 Å². The minimum Gasteiger partial charge on any atom is -0.327 e. The highest BCUT2D eigenvalue weighted by Crippen LogP contribution is 2.29. The molecule has 0 amide bonds. The zero-order chi connectivity index (χ0) is 6.69. The average Bonchev–Trinajstić information content (AvgIpc) is 1.89. The molecule has 0 spiro atoms. The molecule has 0 bridgehead atoms. The van der Waals surface area contributed by atoms with E-state index in [4.69, 9.17) is 16.4 Å². The Morgan fingerprint density at radius 2 is 2.00 bits per heavy atom. The van der Waals surface area contributed by atoms with E-state index in [0.717, 1.165) is 6.42 Å². The van der Waals surface area contributed by atoms with Gasteiger partial charge in [-0.05, 0) is 23.5 Å². The van der Waals surface area contributed by atoms with Crippen LogP contribution in [0, 0.1) is 0 Å². The van der Waals surface area contributed by atoms with Gasteiger partial charge in [-0.2, -0.15) is 0 Å². The van der Waals surface area contributed by atoms with Crippen molar-refractivity contribution in [2.24, 2.45) is 5.73 Å². The molecular weight excluding hydrogens is 154 g/mol. The topological polar surface area (TPSA) is 26.0 Å².